The van der Waals surface area contributed by atoms with Crippen molar-refractivity contribution in [3.63, 3.8) is 0 Å². The van der Waals surface area contributed by atoms with Crippen molar-refractivity contribution in [2.45, 2.75) is 6.10 Å². The van der Waals surface area contributed by atoms with Crippen LogP contribution in [0.15, 0.2) is 18.2 Å². The van der Waals surface area contributed by atoms with Crippen molar-refractivity contribution in [2.24, 2.45) is 5.73 Å². The standard InChI is InChI=1S/C8H7Cl2NO2/c9-4-1-2-6(10)5(3-4)7(12)8(11)13/h1-3,7,12H,(H2,11,13). The third-order valence-corrected chi connectivity index (χ3v) is 2.10. The summed E-state index contributed by atoms with van der Waals surface area (Å²) in [6.45, 7) is 0. The molecule has 13 heavy (non-hydrogen) atoms. The van der Waals surface area contributed by atoms with Gasteiger partial charge in [0.1, 0.15) is 0 Å². The van der Waals surface area contributed by atoms with Gasteiger partial charge in [-0.2, -0.15) is 0 Å². The maximum absolute atomic E-state index is 10.6. The van der Waals surface area contributed by atoms with E-state index in [-0.39, 0.29) is 10.6 Å². The second-order valence-corrected chi connectivity index (χ2v) is 3.31. The van der Waals surface area contributed by atoms with Crippen molar-refractivity contribution in [3.8, 4) is 0 Å². The highest BCUT2D eigenvalue weighted by Gasteiger charge is 2.17. The highest BCUT2D eigenvalue weighted by molar-refractivity contribution is 6.33. The predicted molar refractivity (Wildman–Crippen MR) is 50.6 cm³/mol. The van der Waals surface area contributed by atoms with Gasteiger partial charge in [0.15, 0.2) is 6.10 Å². The van der Waals surface area contributed by atoms with Crippen molar-refractivity contribution in [3.05, 3.63) is 33.8 Å². The molecule has 0 aliphatic carbocycles. The summed E-state index contributed by atoms with van der Waals surface area (Å²) in [5, 5.41) is 9.93. The van der Waals surface area contributed by atoms with E-state index in [0.717, 1.165) is 0 Å². The minimum atomic E-state index is -1.41. The van der Waals surface area contributed by atoms with Gasteiger partial charge < -0.3 is 10.8 Å². The predicted octanol–water partition coefficient (Wildman–Crippen LogP) is 1.51. The van der Waals surface area contributed by atoms with Crippen LogP contribution in [-0.4, -0.2) is 11.0 Å². The summed E-state index contributed by atoms with van der Waals surface area (Å²) >= 11 is 11.4. The highest BCUT2D eigenvalue weighted by atomic mass is 35.5. The number of aliphatic hydroxyl groups excluding tert-OH is 1. The zero-order chi connectivity index (χ0) is 10.0. The van der Waals surface area contributed by atoms with E-state index >= 15 is 0 Å². The Morgan fingerprint density at radius 1 is 1.46 bits per heavy atom. The maximum atomic E-state index is 10.6. The summed E-state index contributed by atoms with van der Waals surface area (Å²) in [5.74, 6) is -0.857. The third kappa shape index (κ3) is 2.34. The first kappa shape index (κ1) is 10.3. The number of carbonyl (C=O) groups excluding carboxylic acids is 1. The van der Waals surface area contributed by atoms with E-state index in [9.17, 15) is 9.90 Å². The van der Waals surface area contributed by atoms with Gasteiger partial charge in [0, 0.05) is 15.6 Å². The SMILES string of the molecule is NC(=O)C(O)c1cc(Cl)ccc1Cl. The number of rotatable bonds is 2. The molecule has 70 valence electrons. The minimum Gasteiger partial charge on any atom is -0.378 e. The molecule has 0 fully saturated rings. The van der Waals surface area contributed by atoms with Crippen molar-refractivity contribution in [2.75, 3.05) is 0 Å². The molecular weight excluding hydrogens is 213 g/mol. The van der Waals surface area contributed by atoms with Gasteiger partial charge in [0.2, 0.25) is 0 Å². The van der Waals surface area contributed by atoms with E-state index in [2.05, 4.69) is 0 Å². The van der Waals surface area contributed by atoms with Crippen LogP contribution in [-0.2, 0) is 4.79 Å². The molecule has 0 aliphatic rings. The highest BCUT2D eigenvalue weighted by Crippen LogP contribution is 2.25. The molecule has 3 N–H and O–H groups in total. The van der Waals surface area contributed by atoms with Crippen molar-refractivity contribution < 1.29 is 9.90 Å². The summed E-state index contributed by atoms with van der Waals surface area (Å²) in [6, 6.07) is 4.45. The summed E-state index contributed by atoms with van der Waals surface area (Å²) in [4.78, 5) is 10.6. The first-order chi connectivity index (χ1) is 6.02. The van der Waals surface area contributed by atoms with Gasteiger partial charge in [-0.1, -0.05) is 23.2 Å². The van der Waals surface area contributed by atoms with Gasteiger partial charge in [-0.25, -0.2) is 0 Å². The summed E-state index contributed by atoms with van der Waals surface area (Å²) in [5.41, 5.74) is 5.12. The van der Waals surface area contributed by atoms with Crippen LogP contribution in [0.4, 0.5) is 0 Å². The number of halogens is 2. The van der Waals surface area contributed by atoms with Crippen LogP contribution in [0.25, 0.3) is 0 Å². The molecule has 1 atom stereocenters. The first-order valence-corrected chi connectivity index (χ1v) is 4.20. The number of hydrogen-bond acceptors (Lipinski definition) is 2. The Morgan fingerprint density at radius 2 is 2.08 bits per heavy atom. The minimum absolute atomic E-state index is 0.224. The lowest BCUT2D eigenvalue weighted by Crippen LogP contribution is -2.21. The fourth-order valence-corrected chi connectivity index (χ4v) is 1.28. The van der Waals surface area contributed by atoms with Crippen LogP contribution < -0.4 is 5.73 Å². The van der Waals surface area contributed by atoms with Gasteiger partial charge in [-0.15, -0.1) is 0 Å². The molecule has 3 nitrogen and oxygen atoms in total. The Bertz CT molecular complexity index is 341. The number of hydrogen-bond donors (Lipinski definition) is 2. The number of amides is 1. The second-order valence-electron chi connectivity index (χ2n) is 2.47. The lowest BCUT2D eigenvalue weighted by atomic mass is 10.1. The quantitative estimate of drug-likeness (QED) is 0.793. The van der Waals surface area contributed by atoms with Gasteiger partial charge in [-0.3, -0.25) is 4.79 Å². The summed E-state index contributed by atoms with van der Waals surface area (Å²) in [6.07, 6.45) is -1.41. The van der Waals surface area contributed by atoms with Gasteiger partial charge in [-0.05, 0) is 18.2 Å². The number of primary amides is 1. The van der Waals surface area contributed by atoms with E-state index in [1.807, 2.05) is 0 Å². The lowest BCUT2D eigenvalue weighted by Gasteiger charge is -2.08. The van der Waals surface area contributed by atoms with Crippen LogP contribution >= 0.6 is 23.2 Å². The molecule has 0 heterocycles. The molecule has 0 saturated heterocycles. The normalized spacial score (nSPS) is 12.5. The molecule has 0 saturated carbocycles. The molecule has 1 aromatic carbocycles. The number of carbonyl (C=O) groups is 1. The summed E-state index contributed by atoms with van der Waals surface area (Å²) < 4.78 is 0. The van der Waals surface area contributed by atoms with Gasteiger partial charge in [0.05, 0.1) is 0 Å². The smallest absolute Gasteiger partial charge is 0.250 e. The molecule has 0 aromatic heterocycles. The fraction of sp³-hybridized carbons (Fsp3) is 0.125. The van der Waals surface area contributed by atoms with Crippen molar-refractivity contribution >= 4 is 29.1 Å². The van der Waals surface area contributed by atoms with E-state index < -0.39 is 12.0 Å². The lowest BCUT2D eigenvalue weighted by molar-refractivity contribution is -0.126. The van der Waals surface area contributed by atoms with Crippen LogP contribution in [0.3, 0.4) is 0 Å². The van der Waals surface area contributed by atoms with Crippen molar-refractivity contribution in [1.82, 2.24) is 0 Å². The van der Waals surface area contributed by atoms with Gasteiger partial charge in [0.25, 0.3) is 5.91 Å². The Labute approximate surface area is 85.1 Å². The molecule has 1 rings (SSSR count). The Balaban J connectivity index is 3.12. The molecule has 1 aromatic rings. The Kier molecular flexibility index (Phi) is 3.14. The topological polar surface area (TPSA) is 63.3 Å². The molecule has 1 unspecified atom stereocenters. The van der Waals surface area contributed by atoms with Crippen LogP contribution in [0.1, 0.15) is 11.7 Å². The summed E-state index contributed by atoms with van der Waals surface area (Å²) in [7, 11) is 0. The van der Waals surface area contributed by atoms with E-state index in [1.165, 1.54) is 12.1 Å². The molecular formula is C8H7Cl2NO2. The maximum Gasteiger partial charge on any atom is 0.250 e. The monoisotopic (exact) mass is 219 g/mol. The zero-order valence-electron chi connectivity index (χ0n) is 6.50. The van der Waals surface area contributed by atoms with Gasteiger partial charge >= 0.3 is 0 Å². The van der Waals surface area contributed by atoms with E-state index in [1.54, 1.807) is 6.07 Å². The van der Waals surface area contributed by atoms with Crippen LogP contribution in [0, 0.1) is 0 Å². The largest absolute Gasteiger partial charge is 0.378 e. The first-order valence-electron chi connectivity index (χ1n) is 3.44. The molecule has 5 heteroatoms. The zero-order valence-corrected chi connectivity index (χ0v) is 8.01. The molecule has 0 aliphatic heterocycles. The number of nitrogens with two attached hydrogens (primary N) is 1. The molecule has 1 amide bonds. The third-order valence-electron chi connectivity index (χ3n) is 1.52. The Morgan fingerprint density at radius 3 is 2.62 bits per heavy atom. The van der Waals surface area contributed by atoms with Crippen LogP contribution in [0.5, 0.6) is 0 Å². The molecule has 0 radical (unpaired) electrons. The second kappa shape index (κ2) is 3.96. The average molecular weight is 220 g/mol. The Hall–Kier alpha value is -0.770. The molecule has 0 bridgehead atoms. The van der Waals surface area contributed by atoms with E-state index in [4.69, 9.17) is 28.9 Å². The van der Waals surface area contributed by atoms with Crippen LogP contribution in [0.2, 0.25) is 10.0 Å². The van der Waals surface area contributed by atoms with E-state index in [0.29, 0.717) is 5.02 Å². The number of benzene rings is 1. The fourth-order valence-electron chi connectivity index (χ4n) is 0.877. The van der Waals surface area contributed by atoms with Crippen molar-refractivity contribution in [1.29, 1.82) is 0 Å². The molecule has 0 spiro atoms. The average Bonchev–Trinajstić information content (AvgIpc) is 2.08. The number of aliphatic hydroxyl groups is 1.